The fourth-order valence-electron chi connectivity index (χ4n) is 4.00. The summed E-state index contributed by atoms with van der Waals surface area (Å²) in [7, 11) is 0. The molecule has 4 heteroatoms. The second kappa shape index (κ2) is 7.81. The third-order valence-electron chi connectivity index (χ3n) is 5.74. The van der Waals surface area contributed by atoms with E-state index in [4.69, 9.17) is 0 Å². The highest BCUT2D eigenvalue weighted by Crippen LogP contribution is 2.27. The lowest BCUT2D eigenvalue weighted by molar-refractivity contribution is -0.135. The zero-order valence-electron chi connectivity index (χ0n) is 16.5. The third-order valence-corrected chi connectivity index (χ3v) is 5.74. The van der Waals surface area contributed by atoms with E-state index in [1.54, 1.807) is 0 Å². The smallest absolute Gasteiger partial charge is 0.224 e. The molecule has 2 amide bonds. The molecule has 3 rings (SSSR count). The lowest BCUT2D eigenvalue weighted by atomic mass is 9.87. The van der Waals surface area contributed by atoms with Crippen LogP contribution >= 0.6 is 0 Å². The molecule has 0 N–H and O–H groups in total. The predicted octanol–water partition coefficient (Wildman–Crippen LogP) is 3.88. The summed E-state index contributed by atoms with van der Waals surface area (Å²) in [4.78, 5) is 28.9. The fourth-order valence-corrected chi connectivity index (χ4v) is 4.00. The molecule has 0 bridgehead atoms. The van der Waals surface area contributed by atoms with Gasteiger partial charge in [-0.3, -0.25) is 9.59 Å². The van der Waals surface area contributed by atoms with Crippen LogP contribution in [0, 0.1) is 0 Å². The van der Waals surface area contributed by atoms with Gasteiger partial charge in [0, 0.05) is 38.5 Å². The maximum absolute atomic E-state index is 12.6. The molecule has 4 nitrogen and oxygen atoms in total. The largest absolute Gasteiger partial charge is 0.343 e. The number of carbonyl (C=O) groups excluding carboxylic acids is 2. The number of hydrogen-bond acceptors (Lipinski definition) is 2. The van der Waals surface area contributed by atoms with Crippen molar-refractivity contribution in [2.24, 2.45) is 0 Å². The normalized spacial score (nSPS) is 21.3. The Hall–Kier alpha value is -1.84. The van der Waals surface area contributed by atoms with Gasteiger partial charge in [-0.25, -0.2) is 0 Å². The molecule has 2 aliphatic rings. The fraction of sp³-hybridized carbons (Fsp3) is 0.636. The number of nitrogens with zero attached hydrogens (tertiary/aromatic N) is 2. The Labute approximate surface area is 157 Å². The van der Waals surface area contributed by atoms with Crippen molar-refractivity contribution in [2.45, 2.75) is 77.3 Å². The average Bonchev–Trinajstić information content (AvgIpc) is 2.95. The molecule has 2 saturated heterocycles. The SMILES string of the molecule is CC(C)(C)c1ccc(CN2C(=O)CCC2CC(=O)N2CCCCC2)cc1. The Kier molecular flexibility index (Phi) is 5.69. The molecule has 0 aliphatic carbocycles. The second-order valence-electron chi connectivity index (χ2n) is 8.81. The maximum atomic E-state index is 12.6. The summed E-state index contributed by atoms with van der Waals surface area (Å²) in [6.45, 7) is 8.99. The molecule has 1 aromatic rings. The highest BCUT2D eigenvalue weighted by molar-refractivity contribution is 5.82. The maximum Gasteiger partial charge on any atom is 0.224 e. The topological polar surface area (TPSA) is 40.6 Å². The van der Waals surface area contributed by atoms with E-state index in [0.29, 0.717) is 19.4 Å². The zero-order valence-corrected chi connectivity index (χ0v) is 16.5. The monoisotopic (exact) mass is 356 g/mol. The van der Waals surface area contributed by atoms with Gasteiger partial charge in [0.25, 0.3) is 0 Å². The van der Waals surface area contributed by atoms with Crippen LogP contribution in [0.25, 0.3) is 0 Å². The molecule has 2 aliphatic heterocycles. The Bertz CT molecular complexity index is 639. The van der Waals surface area contributed by atoms with Gasteiger partial charge in [0.2, 0.25) is 11.8 Å². The first-order valence-electron chi connectivity index (χ1n) is 10.0. The van der Waals surface area contributed by atoms with E-state index in [9.17, 15) is 9.59 Å². The van der Waals surface area contributed by atoms with Crippen molar-refractivity contribution in [2.75, 3.05) is 13.1 Å². The number of amides is 2. The van der Waals surface area contributed by atoms with Crippen molar-refractivity contribution in [3.63, 3.8) is 0 Å². The first-order chi connectivity index (χ1) is 12.3. The molecule has 2 heterocycles. The molecule has 0 spiro atoms. The highest BCUT2D eigenvalue weighted by atomic mass is 16.2. The lowest BCUT2D eigenvalue weighted by Crippen LogP contribution is -2.41. The molecule has 0 radical (unpaired) electrons. The summed E-state index contributed by atoms with van der Waals surface area (Å²) in [6.07, 6.45) is 5.29. The van der Waals surface area contributed by atoms with Crippen LogP contribution in [0.3, 0.4) is 0 Å². The van der Waals surface area contributed by atoms with Crippen molar-refractivity contribution in [1.29, 1.82) is 0 Å². The number of rotatable bonds is 4. The van der Waals surface area contributed by atoms with Crippen LogP contribution in [0.1, 0.15) is 70.4 Å². The summed E-state index contributed by atoms with van der Waals surface area (Å²) >= 11 is 0. The summed E-state index contributed by atoms with van der Waals surface area (Å²) in [5.41, 5.74) is 2.57. The van der Waals surface area contributed by atoms with Crippen molar-refractivity contribution >= 4 is 11.8 Å². The Morgan fingerprint density at radius 3 is 2.35 bits per heavy atom. The van der Waals surface area contributed by atoms with E-state index in [1.807, 2.05) is 9.80 Å². The van der Waals surface area contributed by atoms with Crippen molar-refractivity contribution in [1.82, 2.24) is 9.80 Å². The van der Waals surface area contributed by atoms with Gasteiger partial charge >= 0.3 is 0 Å². The van der Waals surface area contributed by atoms with Gasteiger partial charge in [-0.05, 0) is 42.2 Å². The van der Waals surface area contributed by atoms with E-state index in [2.05, 4.69) is 45.0 Å². The van der Waals surface area contributed by atoms with E-state index >= 15 is 0 Å². The van der Waals surface area contributed by atoms with Crippen molar-refractivity contribution < 1.29 is 9.59 Å². The van der Waals surface area contributed by atoms with Crippen LogP contribution in [-0.4, -0.2) is 40.7 Å². The zero-order chi connectivity index (χ0) is 18.7. The lowest BCUT2D eigenvalue weighted by Gasteiger charge is -2.30. The summed E-state index contributed by atoms with van der Waals surface area (Å²) in [6, 6.07) is 8.61. The minimum Gasteiger partial charge on any atom is -0.343 e. The molecule has 1 aromatic carbocycles. The molecule has 0 saturated carbocycles. The number of hydrogen-bond donors (Lipinski definition) is 0. The van der Waals surface area contributed by atoms with Crippen LogP contribution in [-0.2, 0) is 21.5 Å². The summed E-state index contributed by atoms with van der Waals surface area (Å²) < 4.78 is 0. The molecule has 2 fully saturated rings. The molecule has 1 atom stereocenters. The van der Waals surface area contributed by atoms with Gasteiger partial charge in [0.15, 0.2) is 0 Å². The van der Waals surface area contributed by atoms with Gasteiger partial charge in [-0.1, -0.05) is 45.0 Å². The minimum absolute atomic E-state index is 0.0548. The van der Waals surface area contributed by atoms with Crippen LogP contribution in [0.15, 0.2) is 24.3 Å². The van der Waals surface area contributed by atoms with Crippen molar-refractivity contribution in [3.05, 3.63) is 35.4 Å². The predicted molar refractivity (Wildman–Crippen MR) is 104 cm³/mol. The molecule has 142 valence electrons. The van der Waals surface area contributed by atoms with Gasteiger partial charge in [0.05, 0.1) is 0 Å². The van der Waals surface area contributed by atoms with Crippen LogP contribution in [0.4, 0.5) is 0 Å². The van der Waals surface area contributed by atoms with E-state index in [-0.39, 0.29) is 23.3 Å². The van der Waals surface area contributed by atoms with Crippen LogP contribution in [0.5, 0.6) is 0 Å². The Balaban J connectivity index is 1.63. The molecular weight excluding hydrogens is 324 g/mol. The van der Waals surface area contributed by atoms with E-state index in [1.165, 1.54) is 12.0 Å². The standard InChI is InChI=1S/C22H32N2O2/c1-22(2,3)18-9-7-17(8-10-18)16-24-19(11-12-20(24)25)15-21(26)23-13-5-4-6-14-23/h7-10,19H,4-6,11-16H2,1-3H3. The number of likely N-dealkylation sites (tertiary alicyclic amines) is 2. The van der Waals surface area contributed by atoms with Crippen LogP contribution < -0.4 is 0 Å². The summed E-state index contributed by atoms with van der Waals surface area (Å²) in [5, 5.41) is 0. The Morgan fingerprint density at radius 1 is 1.08 bits per heavy atom. The third kappa shape index (κ3) is 4.46. The number of piperidine rings is 1. The minimum atomic E-state index is 0.0548. The van der Waals surface area contributed by atoms with Gasteiger partial charge in [-0.2, -0.15) is 0 Å². The quantitative estimate of drug-likeness (QED) is 0.821. The van der Waals surface area contributed by atoms with Gasteiger partial charge in [0.1, 0.15) is 0 Å². The summed E-state index contributed by atoms with van der Waals surface area (Å²) in [5.74, 6) is 0.402. The molecule has 26 heavy (non-hydrogen) atoms. The number of carbonyl (C=O) groups is 2. The molecular formula is C22H32N2O2. The van der Waals surface area contributed by atoms with E-state index < -0.39 is 0 Å². The van der Waals surface area contributed by atoms with Crippen molar-refractivity contribution in [3.8, 4) is 0 Å². The van der Waals surface area contributed by atoms with Crippen LogP contribution in [0.2, 0.25) is 0 Å². The average molecular weight is 357 g/mol. The highest BCUT2D eigenvalue weighted by Gasteiger charge is 2.33. The van der Waals surface area contributed by atoms with Gasteiger partial charge in [-0.15, -0.1) is 0 Å². The first kappa shape index (κ1) is 18.9. The number of benzene rings is 1. The Morgan fingerprint density at radius 2 is 1.73 bits per heavy atom. The molecule has 1 unspecified atom stereocenters. The first-order valence-corrected chi connectivity index (χ1v) is 10.0. The second-order valence-corrected chi connectivity index (χ2v) is 8.81. The van der Waals surface area contributed by atoms with E-state index in [0.717, 1.165) is 37.9 Å². The molecule has 0 aromatic heterocycles. The van der Waals surface area contributed by atoms with Gasteiger partial charge < -0.3 is 9.80 Å².